The van der Waals surface area contributed by atoms with E-state index in [1.807, 2.05) is 12.1 Å². The molecule has 24 heavy (non-hydrogen) atoms. The number of carboxylic acid groups (broad SMARTS) is 1. The first-order valence-electron chi connectivity index (χ1n) is 8.94. The Kier molecular flexibility index (Phi) is 5.95. The second-order valence-corrected chi connectivity index (χ2v) is 7.81. The normalized spacial score (nSPS) is 21.5. The Labute approximate surface area is 152 Å². The summed E-state index contributed by atoms with van der Waals surface area (Å²) in [5, 5.41) is 9.84. The van der Waals surface area contributed by atoms with Crippen LogP contribution < -0.4 is 0 Å². The largest absolute Gasteiger partial charge is 0.481 e. The molecule has 1 aromatic carbocycles. The highest BCUT2D eigenvalue weighted by molar-refractivity contribution is 9.10. The van der Waals surface area contributed by atoms with Gasteiger partial charge in [0.15, 0.2) is 0 Å². The van der Waals surface area contributed by atoms with Crippen molar-refractivity contribution in [1.82, 2.24) is 4.90 Å². The van der Waals surface area contributed by atoms with E-state index in [1.165, 1.54) is 5.56 Å². The number of hydrogen-bond donors (Lipinski definition) is 1. The minimum atomic E-state index is -0.691. The lowest BCUT2D eigenvalue weighted by atomic mass is 9.69. The topological polar surface area (TPSA) is 49.8 Å². The van der Waals surface area contributed by atoms with E-state index in [0.29, 0.717) is 0 Å². The average molecular weight is 396 g/mol. The van der Waals surface area contributed by atoms with Crippen LogP contribution in [0, 0.1) is 0 Å². The summed E-state index contributed by atoms with van der Waals surface area (Å²) in [7, 11) is 0. The number of benzene rings is 1. The van der Waals surface area contributed by atoms with Gasteiger partial charge in [0.05, 0.1) is 18.6 Å². The molecule has 1 aromatic rings. The van der Waals surface area contributed by atoms with Crippen LogP contribution in [0.1, 0.15) is 43.2 Å². The number of hydrogen-bond acceptors (Lipinski definition) is 3. The number of carbonyl (C=O) groups is 1. The summed E-state index contributed by atoms with van der Waals surface area (Å²) in [5.41, 5.74) is 1.52. The SMILES string of the molecule is O=C(O)C1(c2ccc(CCN3CCOCC3)c(Br)c2)CCCCC1. The number of rotatable bonds is 5. The zero-order valence-electron chi connectivity index (χ0n) is 14.1. The molecule has 2 aliphatic rings. The molecule has 0 aromatic heterocycles. The van der Waals surface area contributed by atoms with Gasteiger partial charge < -0.3 is 9.84 Å². The van der Waals surface area contributed by atoms with Crippen LogP contribution in [0.2, 0.25) is 0 Å². The van der Waals surface area contributed by atoms with Crippen molar-refractivity contribution in [3.05, 3.63) is 33.8 Å². The number of halogens is 1. The number of carboxylic acids is 1. The van der Waals surface area contributed by atoms with Crippen LogP contribution in [0.25, 0.3) is 0 Å². The summed E-state index contributed by atoms with van der Waals surface area (Å²) < 4.78 is 6.43. The molecule has 3 rings (SSSR count). The van der Waals surface area contributed by atoms with Gasteiger partial charge in [-0.15, -0.1) is 0 Å². The van der Waals surface area contributed by atoms with Gasteiger partial charge in [0.2, 0.25) is 0 Å². The molecule has 0 spiro atoms. The number of ether oxygens (including phenoxy) is 1. The summed E-state index contributed by atoms with van der Waals surface area (Å²) in [4.78, 5) is 14.4. The van der Waals surface area contributed by atoms with Crippen LogP contribution in [-0.4, -0.2) is 48.8 Å². The summed E-state index contributed by atoms with van der Waals surface area (Å²) in [6.07, 6.45) is 5.63. The Hall–Kier alpha value is -0.910. The van der Waals surface area contributed by atoms with Crippen LogP contribution in [0.15, 0.2) is 22.7 Å². The first kappa shape index (κ1) is 17.9. The lowest BCUT2D eigenvalue weighted by Crippen LogP contribution is -2.38. The molecule has 1 saturated carbocycles. The van der Waals surface area contributed by atoms with E-state index in [9.17, 15) is 9.90 Å². The molecule has 2 fully saturated rings. The molecule has 0 bridgehead atoms. The van der Waals surface area contributed by atoms with Gasteiger partial charge in [-0.25, -0.2) is 0 Å². The molecule has 5 heteroatoms. The fraction of sp³-hybridized carbons (Fsp3) is 0.632. The maximum atomic E-state index is 12.0. The van der Waals surface area contributed by atoms with Crippen molar-refractivity contribution in [3.8, 4) is 0 Å². The van der Waals surface area contributed by atoms with E-state index in [-0.39, 0.29) is 0 Å². The van der Waals surface area contributed by atoms with Gasteiger partial charge in [0, 0.05) is 24.1 Å². The Balaban J connectivity index is 1.72. The number of aliphatic carboxylic acids is 1. The lowest BCUT2D eigenvalue weighted by Gasteiger charge is -2.34. The zero-order valence-corrected chi connectivity index (χ0v) is 15.7. The number of nitrogens with zero attached hydrogens (tertiary/aromatic N) is 1. The molecule has 0 amide bonds. The average Bonchev–Trinajstić information content (AvgIpc) is 2.62. The zero-order chi connectivity index (χ0) is 17.0. The molecule has 1 aliphatic heterocycles. The van der Waals surface area contributed by atoms with E-state index in [0.717, 1.165) is 81.4 Å². The Morgan fingerprint density at radius 1 is 1.21 bits per heavy atom. The van der Waals surface area contributed by atoms with Gasteiger partial charge in [-0.2, -0.15) is 0 Å². The third kappa shape index (κ3) is 3.84. The van der Waals surface area contributed by atoms with Crippen LogP contribution >= 0.6 is 15.9 Å². The van der Waals surface area contributed by atoms with E-state index in [2.05, 4.69) is 26.9 Å². The van der Waals surface area contributed by atoms with Gasteiger partial charge in [-0.1, -0.05) is 47.3 Å². The first-order chi connectivity index (χ1) is 11.6. The molecule has 0 unspecified atom stereocenters. The van der Waals surface area contributed by atoms with Crippen molar-refractivity contribution in [2.24, 2.45) is 0 Å². The Morgan fingerprint density at radius 2 is 1.92 bits per heavy atom. The summed E-state index contributed by atoms with van der Waals surface area (Å²) >= 11 is 3.68. The molecule has 132 valence electrons. The second kappa shape index (κ2) is 7.98. The maximum absolute atomic E-state index is 12.0. The lowest BCUT2D eigenvalue weighted by molar-refractivity contribution is -0.145. The molecule has 1 N–H and O–H groups in total. The van der Waals surface area contributed by atoms with E-state index in [4.69, 9.17) is 4.74 Å². The molecule has 1 aliphatic carbocycles. The number of morpholine rings is 1. The molecule has 4 nitrogen and oxygen atoms in total. The van der Waals surface area contributed by atoms with E-state index in [1.54, 1.807) is 0 Å². The first-order valence-corrected chi connectivity index (χ1v) is 9.73. The van der Waals surface area contributed by atoms with Crippen molar-refractivity contribution in [2.75, 3.05) is 32.8 Å². The molecule has 0 atom stereocenters. The van der Waals surface area contributed by atoms with Crippen molar-refractivity contribution in [1.29, 1.82) is 0 Å². The Bertz CT molecular complexity index is 578. The van der Waals surface area contributed by atoms with Gasteiger partial charge in [0.1, 0.15) is 0 Å². The monoisotopic (exact) mass is 395 g/mol. The smallest absolute Gasteiger partial charge is 0.314 e. The maximum Gasteiger partial charge on any atom is 0.314 e. The minimum absolute atomic E-state index is 0.671. The van der Waals surface area contributed by atoms with Gasteiger partial charge in [-0.05, 0) is 36.5 Å². The predicted molar refractivity (Wildman–Crippen MR) is 97.5 cm³/mol. The molecule has 1 heterocycles. The van der Waals surface area contributed by atoms with Gasteiger partial charge >= 0.3 is 5.97 Å². The molecular formula is C19H26BrNO3. The highest BCUT2D eigenvalue weighted by atomic mass is 79.9. The fourth-order valence-electron chi connectivity index (χ4n) is 3.93. The van der Waals surface area contributed by atoms with Crippen LogP contribution in [-0.2, 0) is 21.4 Å². The van der Waals surface area contributed by atoms with Gasteiger partial charge in [0.25, 0.3) is 0 Å². The van der Waals surface area contributed by atoms with Crippen molar-refractivity contribution in [3.63, 3.8) is 0 Å². The minimum Gasteiger partial charge on any atom is -0.481 e. The molecular weight excluding hydrogens is 370 g/mol. The van der Waals surface area contributed by atoms with Gasteiger partial charge in [-0.3, -0.25) is 9.69 Å². The van der Waals surface area contributed by atoms with E-state index >= 15 is 0 Å². The third-order valence-electron chi connectivity index (χ3n) is 5.52. The second-order valence-electron chi connectivity index (χ2n) is 6.96. The van der Waals surface area contributed by atoms with Crippen molar-refractivity contribution < 1.29 is 14.6 Å². The van der Waals surface area contributed by atoms with E-state index < -0.39 is 11.4 Å². The van der Waals surface area contributed by atoms with Crippen LogP contribution in [0.4, 0.5) is 0 Å². The van der Waals surface area contributed by atoms with Crippen LogP contribution in [0.3, 0.4) is 0 Å². The van der Waals surface area contributed by atoms with Crippen molar-refractivity contribution in [2.45, 2.75) is 43.9 Å². The molecule has 1 saturated heterocycles. The Morgan fingerprint density at radius 3 is 2.54 bits per heavy atom. The predicted octanol–water partition coefficient (Wildman–Crippen LogP) is 3.61. The fourth-order valence-corrected chi connectivity index (χ4v) is 4.51. The quantitative estimate of drug-likeness (QED) is 0.826. The van der Waals surface area contributed by atoms with Crippen LogP contribution in [0.5, 0.6) is 0 Å². The highest BCUT2D eigenvalue weighted by Gasteiger charge is 2.41. The summed E-state index contributed by atoms with van der Waals surface area (Å²) in [6, 6.07) is 6.20. The summed E-state index contributed by atoms with van der Waals surface area (Å²) in [5.74, 6) is -0.671. The van der Waals surface area contributed by atoms with Crippen molar-refractivity contribution >= 4 is 21.9 Å². The third-order valence-corrected chi connectivity index (χ3v) is 6.26. The highest BCUT2D eigenvalue weighted by Crippen LogP contribution is 2.41. The molecule has 0 radical (unpaired) electrons. The standard InChI is InChI=1S/C19H26BrNO3/c20-17-14-16(19(18(22)23)7-2-1-3-8-19)5-4-15(17)6-9-21-10-12-24-13-11-21/h4-5,14H,1-3,6-13H2,(H,22,23). The summed E-state index contributed by atoms with van der Waals surface area (Å²) in [6.45, 7) is 4.66.